The second-order valence-electron chi connectivity index (χ2n) is 5.75. The van der Waals surface area contributed by atoms with E-state index in [2.05, 4.69) is 20.9 Å². The maximum atomic E-state index is 12.0. The summed E-state index contributed by atoms with van der Waals surface area (Å²) in [5.74, 6) is 0.924. The number of carbonyl (C=O) groups is 1. The van der Waals surface area contributed by atoms with Crippen LogP contribution in [0.4, 0.5) is 5.82 Å². The summed E-state index contributed by atoms with van der Waals surface area (Å²) < 4.78 is 12.6. The zero-order valence-corrected chi connectivity index (χ0v) is 13.5. The fourth-order valence-corrected chi connectivity index (χ4v) is 2.74. The van der Waals surface area contributed by atoms with Gasteiger partial charge in [-0.2, -0.15) is 5.10 Å². The van der Waals surface area contributed by atoms with E-state index >= 15 is 0 Å². The minimum atomic E-state index is -0.160. The topological polar surface area (TPSA) is 94.2 Å². The van der Waals surface area contributed by atoms with Crippen molar-refractivity contribution in [2.45, 2.75) is 32.4 Å². The third-order valence-corrected chi connectivity index (χ3v) is 4.09. The van der Waals surface area contributed by atoms with Crippen LogP contribution in [0.3, 0.4) is 0 Å². The Balaban J connectivity index is 1.56. The molecule has 8 nitrogen and oxygen atoms in total. The first-order valence-electron chi connectivity index (χ1n) is 7.61. The Labute approximate surface area is 134 Å². The van der Waals surface area contributed by atoms with Crippen molar-refractivity contribution < 1.29 is 14.1 Å². The van der Waals surface area contributed by atoms with Crippen molar-refractivity contribution in [1.82, 2.24) is 20.3 Å². The highest BCUT2D eigenvalue weighted by atomic mass is 16.5. The standard InChI is InChI=1S/C15H21N5O3/c1-9-6-13(19-23-9)18-14(21)8-16-12-4-5-22-15(12)11-7-17-20(3)10(11)2/h6-7,12,15-16H,4-5,8H2,1-3H3,(H,18,19,21)/t12-,15+/m0/s1. The Kier molecular flexibility index (Phi) is 4.44. The number of rotatable bonds is 5. The molecule has 0 aromatic carbocycles. The van der Waals surface area contributed by atoms with Crippen LogP contribution in [0.1, 0.15) is 29.5 Å². The molecule has 2 aromatic rings. The molecule has 3 rings (SSSR count). The van der Waals surface area contributed by atoms with Crippen molar-refractivity contribution >= 4 is 11.7 Å². The molecule has 0 aliphatic carbocycles. The van der Waals surface area contributed by atoms with Gasteiger partial charge in [-0.1, -0.05) is 5.16 Å². The maximum Gasteiger partial charge on any atom is 0.239 e. The molecule has 23 heavy (non-hydrogen) atoms. The van der Waals surface area contributed by atoms with E-state index < -0.39 is 0 Å². The number of hydrogen-bond acceptors (Lipinski definition) is 6. The van der Waals surface area contributed by atoms with E-state index in [0.717, 1.165) is 17.7 Å². The van der Waals surface area contributed by atoms with Gasteiger partial charge < -0.3 is 19.9 Å². The number of nitrogens with one attached hydrogen (secondary N) is 2. The number of amides is 1. The predicted molar refractivity (Wildman–Crippen MR) is 82.9 cm³/mol. The van der Waals surface area contributed by atoms with Crippen molar-refractivity contribution in [3.63, 3.8) is 0 Å². The summed E-state index contributed by atoms with van der Waals surface area (Å²) in [5, 5.41) is 14.0. The number of carbonyl (C=O) groups excluding carboxylic acids is 1. The minimum absolute atomic E-state index is 0.0780. The van der Waals surface area contributed by atoms with E-state index in [1.54, 1.807) is 13.0 Å². The van der Waals surface area contributed by atoms with Crippen LogP contribution >= 0.6 is 0 Å². The number of ether oxygens (including phenoxy) is 1. The Bertz CT molecular complexity index is 693. The van der Waals surface area contributed by atoms with E-state index in [9.17, 15) is 4.79 Å². The highest BCUT2D eigenvalue weighted by Crippen LogP contribution is 2.30. The second kappa shape index (κ2) is 6.51. The van der Waals surface area contributed by atoms with Crippen LogP contribution in [0.25, 0.3) is 0 Å². The lowest BCUT2D eigenvalue weighted by molar-refractivity contribution is -0.115. The Morgan fingerprint density at radius 1 is 1.48 bits per heavy atom. The van der Waals surface area contributed by atoms with Crippen LogP contribution in [0, 0.1) is 13.8 Å². The SMILES string of the molecule is Cc1cc(NC(=O)CN[C@H]2CCO[C@@H]2c2cnn(C)c2C)no1. The second-order valence-corrected chi connectivity index (χ2v) is 5.75. The lowest BCUT2D eigenvalue weighted by atomic mass is 10.0. The quantitative estimate of drug-likeness (QED) is 0.856. The van der Waals surface area contributed by atoms with E-state index in [4.69, 9.17) is 9.26 Å². The molecule has 1 aliphatic rings. The molecule has 1 saturated heterocycles. The first kappa shape index (κ1) is 15.7. The fourth-order valence-electron chi connectivity index (χ4n) is 2.74. The average Bonchev–Trinajstić information content (AvgIpc) is 3.20. The van der Waals surface area contributed by atoms with E-state index in [0.29, 0.717) is 18.2 Å². The van der Waals surface area contributed by atoms with Crippen LogP contribution in [0.5, 0.6) is 0 Å². The highest BCUT2D eigenvalue weighted by Gasteiger charge is 2.32. The van der Waals surface area contributed by atoms with Crippen molar-refractivity contribution in [3.05, 3.63) is 29.3 Å². The van der Waals surface area contributed by atoms with E-state index in [1.165, 1.54) is 0 Å². The third-order valence-electron chi connectivity index (χ3n) is 4.09. The molecular weight excluding hydrogens is 298 g/mol. The molecule has 2 aromatic heterocycles. The molecule has 1 aliphatic heterocycles. The van der Waals surface area contributed by atoms with Crippen LogP contribution in [-0.2, 0) is 16.6 Å². The summed E-state index contributed by atoms with van der Waals surface area (Å²) in [4.78, 5) is 12.0. The lowest BCUT2D eigenvalue weighted by Crippen LogP contribution is -2.38. The van der Waals surface area contributed by atoms with Gasteiger partial charge in [-0.25, -0.2) is 0 Å². The van der Waals surface area contributed by atoms with Gasteiger partial charge in [0.15, 0.2) is 5.82 Å². The smallest absolute Gasteiger partial charge is 0.239 e. The van der Waals surface area contributed by atoms with Gasteiger partial charge >= 0.3 is 0 Å². The molecule has 124 valence electrons. The number of aryl methyl sites for hydroxylation is 2. The van der Waals surface area contributed by atoms with Crippen LogP contribution in [0.2, 0.25) is 0 Å². The van der Waals surface area contributed by atoms with Gasteiger partial charge in [0.05, 0.1) is 12.7 Å². The summed E-state index contributed by atoms with van der Waals surface area (Å²) in [7, 11) is 1.91. The van der Waals surface area contributed by atoms with Gasteiger partial charge in [-0.3, -0.25) is 9.48 Å². The average molecular weight is 319 g/mol. The molecule has 0 radical (unpaired) electrons. The summed E-state index contributed by atoms with van der Waals surface area (Å²) in [6.07, 6.45) is 2.61. The molecule has 8 heteroatoms. The number of aromatic nitrogens is 3. The zero-order chi connectivity index (χ0) is 16.4. The van der Waals surface area contributed by atoms with Gasteiger partial charge in [0.2, 0.25) is 5.91 Å². The first-order valence-corrected chi connectivity index (χ1v) is 7.61. The molecule has 0 bridgehead atoms. The monoisotopic (exact) mass is 319 g/mol. The van der Waals surface area contributed by atoms with Gasteiger partial charge in [0.25, 0.3) is 0 Å². The molecule has 0 spiro atoms. The van der Waals surface area contributed by atoms with Gasteiger partial charge in [-0.05, 0) is 20.3 Å². The summed E-state index contributed by atoms with van der Waals surface area (Å²) in [6, 6.07) is 1.76. The summed E-state index contributed by atoms with van der Waals surface area (Å²) in [5.41, 5.74) is 2.14. The van der Waals surface area contributed by atoms with E-state index in [1.807, 2.05) is 24.9 Å². The normalized spacial score (nSPS) is 20.8. The van der Waals surface area contributed by atoms with Crippen molar-refractivity contribution in [3.8, 4) is 0 Å². The maximum absolute atomic E-state index is 12.0. The molecule has 3 heterocycles. The molecule has 1 fully saturated rings. The Morgan fingerprint density at radius 2 is 2.30 bits per heavy atom. The largest absolute Gasteiger partial charge is 0.372 e. The lowest BCUT2D eigenvalue weighted by Gasteiger charge is -2.19. The molecule has 2 N–H and O–H groups in total. The molecule has 0 unspecified atom stereocenters. The van der Waals surface area contributed by atoms with Gasteiger partial charge in [0, 0.05) is 37.0 Å². The van der Waals surface area contributed by atoms with Gasteiger partial charge in [-0.15, -0.1) is 0 Å². The van der Waals surface area contributed by atoms with Gasteiger partial charge in [0.1, 0.15) is 11.9 Å². The van der Waals surface area contributed by atoms with Crippen molar-refractivity contribution in [1.29, 1.82) is 0 Å². The first-order chi connectivity index (χ1) is 11.0. The van der Waals surface area contributed by atoms with Crippen LogP contribution < -0.4 is 10.6 Å². The summed E-state index contributed by atoms with van der Waals surface area (Å²) in [6.45, 7) is 4.65. The molecule has 1 amide bonds. The number of nitrogens with zero attached hydrogens (tertiary/aromatic N) is 3. The minimum Gasteiger partial charge on any atom is -0.372 e. The third kappa shape index (κ3) is 3.43. The number of hydrogen-bond donors (Lipinski definition) is 2. The van der Waals surface area contributed by atoms with Crippen LogP contribution in [0.15, 0.2) is 16.8 Å². The Morgan fingerprint density at radius 3 is 2.96 bits per heavy atom. The number of anilines is 1. The molecular formula is C15H21N5O3. The highest BCUT2D eigenvalue weighted by molar-refractivity contribution is 5.91. The Hall–Kier alpha value is -2.19. The molecule has 2 atom stereocenters. The van der Waals surface area contributed by atoms with Crippen LogP contribution in [-0.4, -0.2) is 40.0 Å². The zero-order valence-electron chi connectivity index (χ0n) is 13.5. The van der Waals surface area contributed by atoms with E-state index in [-0.39, 0.29) is 24.6 Å². The fraction of sp³-hybridized carbons (Fsp3) is 0.533. The summed E-state index contributed by atoms with van der Waals surface area (Å²) >= 11 is 0. The van der Waals surface area contributed by atoms with Crippen molar-refractivity contribution in [2.24, 2.45) is 7.05 Å². The molecule has 0 saturated carbocycles. The van der Waals surface area contributed by atoms with Crippen molar-refractivity contribution in [2.75, 3.05) is 18.5 Å². The predicted octanol–water partition coefficient (Wildman–Crippen LogP) is 1.08.